The van der Waals surface area contributed by atoms with Crippen LogP contribution in [-0.4, -0.2) is 20.6 Å². The van der Waals surface area contributed by atoms with Gasteiger partial charge >= 0.3 is 5.97 Å². The van der Waals surface area contributed by atoms with Crippen molar-refractivity contribution < 1.29 is 9.90 Å². The van der Waals surface area contributed by atoms with E-state index in [1.807, 2.05) is 18.2 Å². The summed E-state index contributed by atoms with van der Waals surface area (Å²) in [6.45, 7) is 2.12. The maximum absolute atomic E-state index is 12.7. The number of aromatic nitrogens is 2. The number of nitrogens with zero attached hydrogens (tertiary/aromatic N) is 2. The molecule has 1 aliphatic rings. The highest BCUT2D eigenvalue weighted by Gasteiger charge is 2.37. The monoisotopic (exact) mass is 286 g/mol. The minimum absolute atomic E-state index is 0.000255. The molecular formula is C16H18N2O3. The molecule has 2 atom stereocenters. The van der Waals surface area contributed by atoms with Gasteiger partial charge < -0.3 is 5.11 Å². The van der Waals surface area contributed by atoms with Gasteiger partial charge in [-0.3, -0.25) is 14.2 Å². The van der Waals surface area contributed by atoms with Crippen LogP contribution in [0.5, 0.6) is 0 Å². The van der Waals surface area contributed by atoms with Crippen LogP contribution >= 0.6 is 0 Å². The minimum Gasteiger partial charge on any atom is -0.481 e. The molecule has 0 bridgehead atoms. The van der Waals surface area contributed by atoms with E-state index in [0.29, 0.717) is 35.5 Å². The summed E-state index contributed by atoms with van der Waals surface area (Å²) >= 11 is 0. The van der Waals surface area contributed by atoms with Crippen molar-refractivity contribution in [3.8, 4) is 0 Å². The van der Waals surface area contributed by atoms with Gasteiger partial charge in [0, 0.05) is 18.9 Å². The van der Waals surface area contributed by atoms with E-state index in [1.165, 1.54) is 0 Å². The van der Waals surface area contributed by atoms with Crippen molar-refractivity contribution in [2.45, 2.75) is 38.6 Å². The molecule has 110 valence electrons. The maximum atomic E-state index is 12.7. The molecule has 21 heavy (non-hydrogen) atoms. The summed E-state index contributed by atoms with van der Waals surface area (Å²) in [5, 5.41) is 9.40. The third-order valence-electron chi connectivity index (χ3n) is 4.07. The molecule has 1 fully saturated rings. The summed E-state index contributed by atoms with van der Waals surface area (Å²) in [7, 11) is 0. The molecular weight excluding hydrogens is 268 g/mol. The Kier molecular flexibility index (Phi) is 3.49. The lowest BCUT2D eigenvalue weighted by Gasteiger charge is -2.13. The lowest BCUT2D eigenvalue weighted by Crippen LogP contribution is -2.25. The van der Waals surface area contributed by atoms with Crippen LogP contribution in [0.3, 0.4) is 0 Å². The first kappa shape index (κ1) is 13.8. The number of carbonyl (C=O) groups is 1. The molecule has 0 spiro atoms. The van der Waals surface area contributed by atoms with Gasteiger partial charge in [-0.1, -0.05) is 19.1 Å². The topological polar surface area (TPSA) is 72.2 Å². The van der Waals surface area contributed by atoms with Crippen LogP contribution in [0.15, 0.2) is 29.1 Å². The largest absolute Gasteiger partial charge is 0.481 e. The molecule has 2 aromatic rings. The first-order valence-electron chi connectivity index (χ1n) is 7.30. The highest BCUT2D eigenvalue weighted by Crippen LogP contribution is 2.42. The van der Waals surface area contributed by atoms with Crippen molar-refractivity contribution in [2.75, 3.05) is 0 Å². The molecule has 0 saturated heterocycles. The first-order valence-corrected chi connectivity index (χ1v) is 7.30. The zero-order valence-electron chi connectivity index (χ0n) is 12.0. The van der Waals surface area contributed by atoms with E-state index in [1.54, 1.807) is 10.6 Å². The van der Waals surface area contributed by atoms with Gasteiger partial charge in [0.25, 0.3) is 5.56 Å². The number of hydrogen-bond acceptors (Lipinski definition) is 3. The second-order valence-corrected chi connectivity index (χ2v) is 5.75. The van der Waals surface area contributed by atoms with Crippen molar-refractivity contribution in [2.24, 2.45) is 5.92 Å². The van der Waals surface area contributed by atoms with E-state index in [-0.39, 0.29) is 18.0 Å². The fourth-order valence-electron chi connectivity index (χ4n) is 2.77. The fourth-order valence-corrected chi connectivity index (χ4v) is 2.77. The van der Waals surface area contributed by atoms with Crippen molar-refractivity contribution >= 4 is 16.9 Å². The van der Waals surface area contributed by atoms with Gasteiger partial charge in [0.05, 0.1) is 10.9 Å². The molecule has 0 amide bonds. The smallest absolute Gasteiger partial charge is 0.303 e. The van der Waals surface area contributed by atoms with Crippen molar-refractivity contribution in [3.63, 3.8) is 0 Å². The summed E-state index contributed by atoms with van der Waals surface area (Å²) in [4.78, 5) is 27.9. The van der Waals surface area contributed by atoms with Gasteiger partial charge in [-0.25, -0.2) is 4.98 Å². The van der Waals surface area contributed by atoms with Crippen molar-refractivity contribution in [3.05, 3.63) is 40.4 Å². The SMILES string of the molecule is CC1CC1n1c(CCCC(=O)O)nc2ccccc2c1=O. The van der Waals surface area contributed by atoms with Gasteiger partial charge in [-0.15, -0.1) is 0 Å². The normalized spacial score (nSPS) is 20.6. The molecule has 1 aromatic heterocycles. The molecule has 0 aliphatic heterocycles. The fraction of sp³-hybridized carbons (Fsp3) is 0.438. The first-order chi connectivity index (χ1) is 10.1. The standard InChI is InChI=1S/C16H18N2O3/c1-10-9-13(10)18-14(7-4-8-15(19)20)17-12-6-3-2-5-11(12)16(18)21/h2-3,5-6,10,13H,4,7-9H2,1H3,(H,19,20). The zero-order chi connectivity index (χ0) is 15.0. The Morgan fingerprint density at radius 3 is 2.81 bits per heavy atom. The number of fused-ring (bicyclic) bond motifs is 1. The molecule has 1 aromatic carbocycles. The van der Waals surface area contributed by atoms with Gasteiger partial charge in [0.2, 0.25) is 0 Å². The van der Waals surface area contributed by atoms with Crippen LogP contribution in [0, 0.1) is 5.92 Å². The summed E-state index contributed by atoms with van der Waals surface area (Å²) in [5.41, 5.74) is 0.692. The van der Waals surface area contributed by atoms with Gasteiger partial charge in [0.1, 0.15) is 5.82 Å². The molecule has 0 radical (unpaired) electrons. The van der Waals surface area contributed by atoms with E-state index in [2.05, 4.69) is 11.9 Å². The van der Waals surface area contributed by atoms with Gasteiger partial charge in [-0.05, 0) is 30.9 Å². The quantitative estimate of drug-likeness (QED) is 0.916. The Morgan fingerprint density at radius 1 is 1.43 bits per heavy atom. The second kappa shape index (κ2) is 5.31. The molecule has 5 heteroatoms. The molecule has 1 heterocycles. The van der Waals surface area contributed by atoms with Crippen LogP contribution in [0.1, 0.15) is 38.1 Å². The number of hydrogen-bond donors (Lipinski definition) is 1. The molecule has 1 saturated carbocycles. The molecule has 1 aliphatic carbocycles. The Balaban J connectivity index is 2.03. The van der Waals surface area contributed by atoms with Crippen LogP contribution in [0.2, 0.25) is 0 Å². The Hall–Kier alpha value is -2.17. The van der Waals surface area contributed by atoms with Crippen LogP contribution in [0.4, 0.5) is 0 Å². The second-order valence-electron chi connectivity index (χ2n) is 5.75. The lowest BCUT2D eigenvalue weighted by molar-refractivity contribution is -0.137. The summed E-state index contributed by atoms with van der Waals surface area (Å²) in [5.74, 6) is 0.391. The highest BCUT2D eigenvalue weighted by atomic mass is 16.4. The number of rotatable bonds is 5. The highest BCUT2D eigenvalue weighted by molar-refractivity contribution is 5.77. The number of carboxylic acid groups (broad SMARTS) is 1. The van der Waals surface area contributed by atoms with E-state index in [0.717, 1.165) is 6.42 Å². The third-order valence-corrected chi connectivity index (χ3v) is 4.07. The lowest BCUT2D eigenvalue weighted by atomic mass is 10.2. The number of para-hydroxylation sites is 1. The van der Waals surface area contributed by atoms with E-state index in [9.17, 15) is 9.59 Å². The van der Waals surface area contributed by atoms with Gasteiger partial charge in [0.15, 0.2) is 0 Å². The Bertz CT molecular complexity index is 751. The molecule has 2 unspecified atom stereocenters. The third kappa shape index (κ3) is 2.68. The minimum atomic E-state index is -0.815. The summed E-state index contributed by atoms with van der Waals surface area (Å²) in [6.07, 6.45) is 2.12. The molecule has 5 nitrogen and oxygen atoms in total. The molecule has 3 rings (SSSR count). The predicted molar refractivity (Wildman–Crippen MR) is 79.4 cm³/mol. The molecule has 1 N–H and O–H groups in total. The maximum Gasteiger partial charge on any atom is 0.303 e. The summed E-state index contributed by atoms with van der Waals surface area (Å²) in [6, 6.07) is 7.55. The van der Waals surface area contributed by atoms with Crippen molar-refractivity contribution in [1.82, 2.24) is 9.55 Å². The zero-order valence-corrected chi connectivity index (χ0v) is 12.0. The Morgan fingerprint density at radius 2 is 2.14 bits per heavy atom. The average molecular weight is 286 g/mol. The number of aryl methyl sites for hydroxylation is 1. The predicted octanol–water partition coefficient (Wildman–Crippen LogP) is 2.38. The number of benzene rings is 1. The average Bonchev–Trinajstić information content (AvgIpc) is 3.15. The van der Waals surface area contributed by atoms with Crippen LogP contribution in [0.25, 0.3) is 10.9 Å². The number of aliphatic carboxylic acids is 1. The van der Waals surface area contributed by atoms with Crippen LogP contribution < -0.4 is 5.56 Å². The van der Waals surface area contributed by atoms with Crippen molar-refractivity contribution in [1.29, 1.82) is 0 Å². The number of carboxylic acids is 1. The Labute approximate surface area is 122 Å². The van der Waals surface area contributed by atoms with E-state index < -0.39 is 5.97 Å². The van der Waals surface area contributed by atoms with E-state index >= 15 is 0 Å². The van der Waals surface area contributed by atoms with E-state index in [4.69, 9.17) is 5.11 Å². The van der Waals surface area contributed by atoms with Crippen LogP contribution in [-0.2, 0) is 11.2 Å². The van der Waals surface area contributed by atoms with Gasteiger partial charge in [-0.2, -0.15) is 0 Å². The summed E-state index contributed by atoms with van der Waals surface area (Å²) < 4.78 is 1.79.